The summed E-state index contributed by atoms with van der Waals surface area (Å²) < 4.78 is 5.96. The fourth-order valence-corrected chi connectivity index (χ4v) is 2.24. The minimum absolute atomic E-state index is 0.198. The maximum atomic E-state index is 5.96. The molecule has 2 nitrogen and oxygen atoms in total. The van der Waals surface area contributed by atoms with Crippen LogP contribution < -0.4 is 10.1 Å². The highest BCUT2D eigenvalue weighted by Crippen LogP contribution is 2.24. The summed E-state index contributed by atoms with van der Waals surface area (Å²) in [6.07, 6.45) is 1.25. The van der Waals surface area contributed by atoms with E-state index in [1.807, 2.05) is 0 Å². The van der Waals surface area contributed by atoms with E-state index in [-0.39, 0.29) is 11.5 Å². The summed E-state index contributed by atoms with van der Waals surface area (Å²) in [5, 5.41) is 3.41. The first-order valence-electron chi connectivity index (χ1n) is 7.33. The molecule has 1 N–H and O–H groups in total. The van der Waals surface area contributed by atoms with Crippen LogP contribution in [0.3, 0.4) is 0 Å². The van der Waals surface area contributed by atoms with E-state index < -0.39 is 0 Å². The van der Waals surface area contributed by atoms with E-state index in [0.717, 1.165) is 18.7 Å². The SMILES string of the molecule is CCNC(C)CC(C)Oc1ccc(C(C)(C)C)cc1. The van der Waals surface area contributed by atoms with Gasteiger partial charge in [0.25, 0.3) is 0 Å². The largest absolute Gasteiger partial charge is 0.491 e. The second-order valence-corrected chi connectivity index (χ2v) is 6.40. The van der Waals surface area contributed by atoms with E-state index in [0.29, 0.717) is 6.04 Å². The summed E-state index contributed by atoms with van der Waals surface area (Å²) in [5.74, 6) is 0.962. The molecular weight excluding hydrogens is 234 g/mol. The lowest BCUT2D eigenvalue weighted by Crippen LogP contribution is -2.30. The molecule has 0 aromatic heterocycles. The van der Waals surface area contributed by atoms with E-state index in [1.54, 1.807) is 0 Å². The zero-order valence-electron chi connectivity index (χ0n) is 13.3. The number of ether oxygens (including phenoxy) is 1. The van der Waals surface area contributed by atoms with Crippen molar-refractivity contribution in [1.82, 2.24) is 5.32 Å². The van der Waals surface area contributed by atoms with E-state index in [2.05, 4.69) is 71.1 Å². The van der Waals surface area contributed by atoms with E-state index >= 15 is 0 Å². The third-order valence-corrected chi connectivity index (χ3v) is 3.30. The zero-order chi connectivity index (χ0) is 14.5. The van der Waals surface area contributed by atoms with Gasteiger partial charge in [0.05, 0.1) is 6.10 Å². The van der Waals surface area contributed by atoms with Crippen LogP contribution in [0.1, 0.15) is 53.5 Å². The fraction of sp³-hybridized carbons (Fsp3) is 0.647. The van der Waals surface area contributed by atoms with Gasteiger partial charge in [0, 0.05) is 6.04 Å². The number of hydrogen-bond donors (Lipinski definition) is 1. The molecule has 0 saturated carbocycles. The average molecular weight is 263 g/mol. The maximum Gasteiger partial charge on any atom is 0.119 e. The Bertz CT molecular complexity index is 364. The second-order valence-electron chi connectivity index (χ2n) is 6.40. The molecule has 0 heterocycles. The average Bonchev–Trinajstić information content (AvgIpc) is 2.28. The molecule has 0 aliphatic carbocycles. The molecule has 1 rings (SSSR count). The Hall–Kier alpha value is -1.02. The Kier molecular flexibility index (Phi) is 5.86. The maximum absolute atomic E-state index is 5.96. The molecule has 0 aliphatic rings. The van der Waals surface area contributed by atoms with Gasteiger partial charge in [-0.05, 0) is 49.9 Å². The van der Waals surface area contributed by atoms with Crippen LogP contribution in [-0.2, 0) is 5.41 Å². The van der Waals surface area contributed by atoms with Crippen LogP contribution >= 0.6 is 0 Å². The van der Waals surface area contributed by atoms with E-state index in [1.165, 1.54) is 5.56 Å². The Labute approximate surface area is 118 Å². The first kappa shape index (κ1) is 16.0. The molecule has 1 aromatic carbocycles. The van der Waals surface area contributed by atoms with Gasteiger partial charge in [-0.25, -0.2) is 0 Å². The van der Waals surface area contributed by atoms with Crippen LogP contribution in [0.25, 0.3) is 0 Å². The minimum Gasteiger partial charge on any atom is -0.491 e. The van der Waals surface area contributed by atoms with Crippen LogP contribution in [0.2, 0.25) is 0 Å². The van der Waals surface area contributed by atoms with Crippen molar-refractivity contribution in [3.63, 3.8) is 0 Å². The summed E-state index contributed by atoms with van der Waals surface area (Å²) in [6.45, 7) is 14.1. The van der Waals surface area contributed by atoms with Gasteiger partial charge in [-0.1, -0.05) is 39.8 Å². The summed E-state index contributed by atoms with van der Waals surface area (Å²) in [6, 6.07) is 8.98. The van der Waals surface area contributed by atoms with Crippen LogP contribution in [-0.4, -0.2) is 18.7 Å². The Morgan fingerprint density at radius 2 is 1.68 bits per heavy atom. The molecular formula is C17H29NO. The monoisotopic (exact) mass is 263 g/mol. The van der Waals surface area contributed by atoms with Crippen molar-refractivity contribution in [1.29, 1.82) is 0 Å². The van der Waals surface area contributed by atoms with Crippen molar-refractivity contribution in [3.05, 3.63) is 29.8 Å². The molecule has 19 heavy (non-hydrogen) atoms. The van der Waals surface area contributed by atoms with Crippen molar-refractivity contribution in [2.45, 2.75) is 65.5 Å². The highest BCUT2D eigenvalue weighted by atomic mass is 16.5. The smallest absolute Gasteiger partial charge is 0.119 e. The first-order chi connectivity index (χ1) is 8.82. The van der Waals surface area contributed by atoms with Gasteiger partial charge in [-0.15, -0.1) is 0 Å². The Morgan fingerprint density at radius 1 is 1.11 bits per heavy atom. The summed E-state index contributed by atoms with van der Waals surface area (Å²) in [7, 11) is 0. The van der Waals surface area contributed by atoms with E-state index in [4.69, 9.17) is 4.74 Å². The zero-order valence-corrected chi connectivity index (χ0v) is 13.3. The molecule has 0 spiro atoms. The Morgan fingerprint density at radius 3 is 2.16 bits per heavy atom. The molecule has 2 heteroatoms. The van der Waals surface area contributed by atoms with Gasteiger partial charge >= 0.3 is 0 Å². The van der Waals surface area contributed by atoms with Gasteiger partial charge in [-0.2, -0.15) is 0 Å². The third kappa shape index (κ3) is 5.65. The minimum atomic E-state index is 0.198. The van der Waals surface area contributed by atoms with Crippen molar-refractivity contribution < 1.29 is 4.74 Å². The number of benzene rings is 1. The van der Waals surface area contributed by atoms with Crippen molar-refractivity contribution in [2.75, 3.05) is 6.54 Å². The van der Waals surface area contributed by atoms with Gasteiger partial charge in [0.2, 0.25) is 0 Å². The molecule has 2 unspecified atom stereocenters. The second kappa shape index (κ2) is 6.95. The summed E-state index contributed by atoms with van der Waals surface area (Å²) in [5.41, 5.74) is 1.54. The van der Waals surface area contributed by atoms with Gasteiger partial charge in [0.1, 0.15) is 5.75 Å². The van der Waals surface area contributed by atoms with Crippen LogP contribution in [0.5, 0.6) is 5.75 Å². The molecule has 0 aliphatic heterocycles. The predicted molar refractivity (Wildman–Crippen MR) is 83.0 cm³/mol. The van der Waals surface area contributed by atoms with Gasteiger partial charge in [-0.3, -0.25) is 0 Å². The molecule has 2 atom stereocenters. The summed E-state index contributed by atoms with van der Waals surface area (Å²) in [4.78, 5) is 0. The molecule has 0 amide bonds. The van der Waals surface area contributed by atoms with Crippen LogP contribution in [0.4, 0.5) is 0 Å². The standard InChI is InChI=1S/C17H29NO/c1-7-18-13(2)12-14(3)19-16-10-8-15(9-11-16)17(4,5)6/h8-11,13-14,18H,7,12H2,1-6H3. The number of nitrogens with one attached hydrogen (secondary N) is 1. The van der Waals surface area contributed by atoms with Gasteiger partial charge in [0.15, 0.2) is 0 Å². The lowest BCUT2D eigenvalue weighted by molar-refractivity contribution is 0.196. The van der Waals surface area contributed by atoms with Crippen molar-refractivity contribution >= 4 is 0 Å². The predicted octanol–water partition coefficient (Wildman–Crippen LogP) is 4.14. The topological polar surface area (TPSA) is 21.3 Å². The molecule has 0 radical (unpaired) electrons. The molecule has 0 fully saturated rings. The summed E-state index contributed by atoms with van der Waals surface area (Å²) >= 11 is 0. The lowest BCUT2D eigenvalue weighted by Gasteiger charge is -2.21. The fourth-order valence-electron chi connectivity index (χ4n) is 2.24. The third-order valence-electron chi connectivity index (χ3n) is 3.30. The van der Waals surface area contributed by atoms with Crippen molar-refractivity contribution in [2.24, 2.45) is 0 Å². The lowest BCUT2D eigenvalue weighted by atomic mass is 9.87. The molecule has 108 valence electrons. The van der Waals surface area contributed by atoms with E-state index in [9.17, 15) is 0 Å². The van der Waals surface area contributed by atoms with Gasteiger partial charge < -0.3 is 10.1 Å². The van der Waals surface area contributed by atoms with Crippen LogP contribution in [0, 0.1) is 0 Å². The molecule has 0 saturated heterocycles. The number of rotatable bonds is 6. The normalized spacial score (nSPS) is 15.1. The number of hydrogen-bond acceptors (Lipinski definition) is 2. The Balaban J connectivity index is 2.53. The van der Waals surface area contributed by atoms with Crippen molar-refractivity contribution in [3.8, 4) is 5.75 Å². The quantitative estimate of drug-likeness (QED) is 0.833. The highest BCUT2D eigenvalue weighted by molar-refractivity contribution is 5.31. The van der Waals surface area contributed by atoms with Crippen LogP contribution in [0.15, 0.2) is 24.3 Å². The highest BCUT2D eigenvalue weighted by Gasteiger charge is 2.14. The first-order valence-corrected chi connectivity index (χ1v) is 7.33. The molecule has 0 bridgehead atoms. The molecule has 1 aromatic rings.